The monoisotopic (exact) mass is 337 g/mol. The molecule has 1 aliphatic rings. The molecule has 1 aliphatic carbocycles. The molecule has 2 rings (SSSR count). The summed E-state index contributed by atoms with van der Waals surface area (Å²) in [5, 5.41) is 17.1. The molecule has 0 aromatic carbocycles. The average molecular weight is 337 g/mol. The highest BCUT2D eigenvalue weighted by atomic mass is 16.6. The van der Waals surface area contributed by atoms with Crippen LogP contribution in [-0.4, -0.2) is 39.5 Å². The number of carbonyl (C=O) groups excluding carboxylic acids is 1. The Balaban J connectivity index is 1.62. The van der Waals surface area contributed by atoms with Crippen molar-refractivity contribution in [3.05, 3.63) is 22.1 Å². The number of nitro groups is 1. The fraction of sp³-hybridized carbons (Fsp3) is 0.750. The molecular weight excluding hydrogens is 310 g/mol. The number of hydrogen-bond acceptors (Lipinski definition) is 5. The third kappa shape index (κ3) is 5.92. The fourth-order valence-electron chi connectivity index (χ4n) is 3.08. The maximum Gasteiger partial charge on any atom is 0.381 e. The van der Waals surface area contributed by atoms with Gasteiger partial charge in [-0.25, -0.2) is 0 Å². The van der Waals surface area contributed by atoms with Crippen molar-refractivity contribution in [1.29, 1.82) is 0 Å². The van der Waals surface area contributed by atoms with Crippen molar-refractivity contribution >= 4 is 11.7 Å². The number of rotatable bonds is 8. The minimum atomic E-state index is -0.525. The predicted molar refractivity (Wildman–Crippen MR) is 90.7 cm³/mol. The zero-order valence-electron chi connectivity index (χ0n) is 14.3. The highest BCUT2D eigenvalue weighted by molar-refractivity contribution is 5.75. The highest BCUT2D eigenvalue weighted by Gasteiger charge is 2.15. The molecule has 2 N–H and O–H groups in total. The molecule has 0 unspecified atom stereocenters. The Hall–Kier alpha value is -1.96. The number of amides is 1. The molecule has 134 valence electrons. The fourth-order valence-corrected chi connectivity index (χ4v) is 3.08. The minimum Gasteiger partial charge on any atom is -0.358 e. The van der Waals surface area contributed by atoms with E-state index < -0.39 is 4.92 Å². The van der Waals surface area contributed by atoms with Crippen molar-refractivity contribution < 1.29 is 9.72 Å². The molecule has 0 saturated heterocycles. The standard InChI is InChI=1S/C16H27N5O3/c1-13-19-15(21(23)24)12-20(13)11-8-16(22)18-10-9-17-14-6-4-2-3-5-7-14/h12,14,17H,2-11H2,1H3,(H,18,22). The number of aromatic nitrogens is 2. The summed E-state index contributed by atoms with van der Waals surface area (Å²) < 4.78 is 1.64. The Morgan fingerprint density at radius 3 is 2.67 bits per heavy atom. The molecule has 1 fully saturated rings. The first-order valence-corrected chi connectivity index (χ1v) is 8.74. The third-order valence-electron chi connectivity index (χ3n) is 4.47. The molecule has 0 atom stereocenters. The van der Waals surface area contributed by atoms with Gasteiger partial charge in [0.1, 0.15) is 6.20 Å². The lowest BCUT2D eigenvalue weighted by atomic mass is 10.1. The lowest BCUT2D eigenvalue weighted by molar-refractivity contribution is -0.389. The van der Waals surface area contributed by atoms with E-state index in [0.29, 0.717) is 25.0 Å². The van der Waals surface area contributed by atoms with Gasteiger partial charge in [-0.2, -0.15) is 0 Å². The van der Waals surface area contributed by atoms with Gasteiger partial charge >= 0.3 is 5.82 Å². The van der Waals surface area contributed by atoms with E-state index in [1.54, 1.807) is 11.5 Å². The molecule has 0 bridgehead atoms. The Bertz CT molecular complexity index is 550. The second kappa shape index (κ2) is 9.36. The molecular formula is C16H27N5O3. The van der Waals surface area contributed by atoms with Crippen LogP contribution in [0.1, 0.15) is 50.8 Å². The van der Waals surface area contributed by atoms with Gasteiger partial charge in [-0.05, 0) is 22.7 Å². The first-order chi connectivity index (χ1) is 11.6. The maximum atomic E-state index is 11.9. The molecule has 0 radical (unpaired) electrons. The number of nitrogens with zero attached hydrogens (tertiary/aromatic N) is 3. The second-order valence-corrected chi connectivity index (χ2v) is 6.34. The number of nitrogens with one attached hydrogen (secondary N) is 2. The number of hydrogen-bond donors (Lipinski definition) is 2. The largest absolute Gasteiger partial charge is 0.381 e. The summed E-state index contributed by atoms with van der Waals surface area (Å²) >= 11 is 0. The molecule has 1 heterocycles. The summed E-state index contributed by atoms with van der Waals surface area (Å²) in [7, 11) is 0. The van der Waals surface area contributed by atoms with Gasteiger partial charge in [-0.1, -0.05) is 25.7 Å². The smallest absolute Gasteiger partial charge is 0.358 e. The Morgan fingerprint density at radius 2 is 2.04 bits per heavy atom. The summed E-state index contributed by atoms with van der Waals surface area (Å²) in [6.07, 6.45) is 9.37. The SMILES string of the molecule is Cc1nc([N+](=O)[O-])cn1CCC(=O)NCCNC1CCCCCC1. The van der Waals surface area contributed by atoms with E-state index in [4.69, 9.17) is 0 Å². The molecule has 8 nitrogen and oxygen atoms in total. The van der Waals surface area contributed by atoms with Gasteiger partial charge in [0.25, 0.3) is 0 Å². The number of carbonyl (C=O) groups is 1. The molecule has 8 heteroatoms. The first kappa shape index (κ1) is 18.4. The van der Waals surface area contributed by atoms with Crippen LogP contribution in [0.5, 0.6) is 0 Å². The lowest BCUT2D eigenvalue weighted by Gasteiger charge is -2.16. The van der Waals surface area contributed by atoms with E-state index in [-0.39, 0.29) is 18.1 Å². The van der Waals surface area contributed by atoms with Gasteiger partial charge in [-0.15, -0.1) is 0 Å². The van der Waals surface area contributed by atoms with Gasteiger partial charge in [0.05, 0.1) is 0 Å². The van der Waals surface area contributed by atoms with E-state index in [9.17, 15) is 14.9 Å². The molecule has 0 spiro atoms. The molecule has 1 aromatic rings. The van der Waals surface area contributed by atoms with Crippen molar-refractivity contribution in [2.24, 2.45) is 0 Å². The normalized spacial score (nSPS) is 15.9. The second-order valence-electron chi connectivity index (χ2n) is 6.34. The summed E-state index contributed by atoms with van der Waals surface area (Å²) in [4.78, 5) is 25.9. The van der Waals surface area contributed by atoms with Crippen LogP contribution in [0.3, 0.4) is 0 Å². The summed E-state index contributed by atoms with van der Waals surface area (Å²) in [6, 6.07) is 0.582. The Morgan fingerprint density at radius 1 is 1.33 bits per heavy atom. The third-order valence-corrected chi connectivity index (χ3v) is 4.47. The van der Waals surface area contributed by atoms with Crippen LogP contribution < -0.4 is 10.6 Å². The number of imidazole rings is 1. The molecule has 1 amide bonds. The van der Waals surface area contributed by atoms with Crippen molar-refractivity contribution in [3.63, 3.8) is 0 Å². The molecule has 0 aliphatic heterocycles. The lowest BCUT2D eigenvalue weighted by Crippen LogP contribution is -2.37. The van der Waals surface area contributed by atoms with Crippen LogP contribution in [0.25, 0.3) is 0 Å². The Kier molecular flexibility index (Phi) is 7.17. The zero-order valence-corrected chi connectivity index (χ0v) is 14.3. The van der Waals surface area contributed by atoms with Crippen LogP contribution >= 0.6 is 0 Å². The van der Waals surface area contributed by atoms with Crippen molar-refractivity contribution in [1.82, 2.24) is 20.2 Å². The van der Waals surface area contributed by atoms with Crippen LogP contribution in [-0.2, 0) is 11.3 Å². The maximum absolute atomic E-state index is 11.9. The topological polar surface area (TPSA) is 102 Å². The van der Waals surface area contributed by atoms with Crippen LogP contribution in [0.15, 0.2) is 6.20 Å². The van der Waals surface area contributed by atoms with Crippen LogP contribution in [0.4, 0.5) is 5.82 Å². The number of aryl methyl sites for hydroxylation is 2. The van der Waals surface area contributed by atoms with Crippen LogP contribution in [0.2, 0.25) is 0 Å². The molecule has 1 aromatic heterocycles. The van der Waals surface area contributed by atoms with E-state index in [0.717, 1.165) is 6.54 Å². The summed E-state index contributed by atoms with van der Waals surface area (Å²) in [5.74, 6) is 0.318. The van der Waals surface area contributed by atoms with Gasteiger partial charge in [0.2, 0.25) is 11.7 Å². The summed E-state index contributed by atoms with van der Waals surface area (Å²) in [5.41, 5.74) is 0. The highest BCUT2D eigenvalue weighted by Crippen LogP contribution is 2.16. The van der Waals surface area contributed by atoms with Gasteiger partial charge in [0.15, 0.2) is 0 Å². The van der Waals surface area contributed by atoms with Crippen molar-refractivity contribution in [3.8, 4) is 0 Å². The minimum absolute atomic E-state index is 0.0478. The van der Waals surface area contributed by atoms with E-state index in [2.05, 4.69) is 15.6 Å². The Labute approximate surface area is 142 Å². The first-order valence-electron chi connectivity index (χ1n) is 8.74. The van der Waals surface area contributed by atoms with Gasteiger partial charge in [0, 0.05) is 39.0 Å². The van der Waals surface area contributed by atoms with Crippen LogP contribution in [0, 0.1) is 17.0 Å². The molecule has 24 heavy (non-hydrogen) atoms. The van der Waals surface area contributed by atoms with E-state index >= 15 is 0 Å². The van der Waals surface area contributed by atoms with Gasteiger partial charge in [-0.3, -0.25) is 4.79 Å². The van der Waals surface area contributed by atoms with Crippen molar-refractivity contribution in [2.75, 3.05) is 13.1 Å². The summed E-state index contributed by atoms with van der Waals surface area (Å²) in [6.45, 7) is 3.49. The van der Waals surface area contributed by atoms with E-state index in [1.165, 1.54) is 44.7 Å². The predicted octanol–water partition coefficient (Wildman–Crippen LogP) is 1.92. The zero-order chi connectivity index (χ0) is 17.4. The average Bonchev–Trinajstić information content (AvgIpc) is 2.75. The molecule has 1 saturated carbocycles. The quantitative estimate of drug-likeness (QED) is 0.326. The van der Waals surface area contributed by atoms with Crippen molar-refractivity contribution in [2.45, 2.75) is 64.5 Å². The van der Waals surface area contributed by atoms with E-state index in [1.807, 2.05) is 0 Å². The van der Waals surface area contributed by atoms with Gasteiger partial charge < -0.3 is 25.3 Å².